The molecule has 31 heavy (non-hydrogen) atoms. The van der Waals surface area contributed by atoms with Gasteiger partial charge in [-0.2, -0.15) is 0 Å². The summed E-state index contributed by atoms with van der Waals surface area (Å²) in [5, 5.41) is 0. The van der Waals surface area contributed by atoms with Crippen molar-refractivity contribution in [2.45, 2.75) is 84.1 Å². The molecule has 1 fully saturated rings. The summed E-state index contributed by atoms with van der Waals surface area (Å²) in [5.74, 6) is 0. The predicted octanol–water partition coefficient (Wildman–Crippen LogP) is 7.90. The third kappa shape index (κ3) is 5.39. The molecule has 3 rings (SSSR count). The zero-order valence-electron chi connectivity index (χ0n) is 19.9. The first-order chi connectivity index (χ1) is 15.0. The summed E-state index contributed by atoms with van der Waals surface area (Å²) < 4.78 is 0. The average molecular weight is 416 g/mol. The van der Waals surface area contributed by atoms with Crippen molar-refractivity contribution < 1.29 is 0 Å². The van der Waals surface area contributed by atoms with Crippen LogP contribution in [0.2, 0.25) is 0 Å². The minimum absolute atomic E-state index is 0.0259. The number of allylic oxidation sites excluding steroid dienone is 2. The van der Waals surface area contributed by atoms with Crippen LogP contribution in [0.5, 0.6) is 0 Å². The summed E-state index contributed by atoms with van der Waals surface area (Å²) in [6.07, 6.45) is 13.0. The number of benzene rings is 2. The number of nitrogens with two attached hydrogens (primary N) is 1. The van der Waals surface area contributed by atoms with Crippen molar-refractivity contribution in [3.63, 3.8) is 0 Å². The van der Waals surface area contributed by atoms with Gasteiger partial charge in [0.15, 0.2) is 0 Å². The van der Waals surface area contributed by atoms with E-state index in [0.717, 1.165) is 31.3 Å². The summed E-state index contributed by atoms with van der Waals surface area (Å²) in [7, 11) is 0. The summed E-state index contributed by atoms with van der Waals surface area (Å²) >= 11 is 0. The summed E-state index contributed by atoms with van der Waals surface area (Å²) in [6, 6.07) is 19.6. The predicted molar refractivity (Wildman–Crippen MR) is 136 cm³/mol. The Morgan fingerprint density at radius 2 is 1.55 bits per heavy atom. The highest BCUT2D eigenvalue weighted by molar-refractivity contribution is 5.75. The van der Waals surface area contributed by atoms with Crippen molar-refractivity contribution >= 4 is 5.57 Å². The van der Waals surface area contributed by atoms with Gasteiger partial charge in [0, 0.05) is 11.0 Å². The minimum Gasteiger partial charge on any atom is -0.324 e. The first-order valence-electron chi connectivity index (χ1n) is 12.2. The molecule has 0 saturated heterocycles. The number of aryl methyl sites for hydroxylation is 2. The Kier molecular flexibility index (Phi) is 7.94. The van der Waals surface area contributed by atoms with Crippen molar-refractivity contribution in [1.82, 2.24) is 0 Å². The van der Waals surface area contributed by atoms with Crippen LogP contribution in [-0.4, -0.2) is 5.54 Å². The van der Waals surface area contributed by atoms with Crippen molar-refractivity contribution in [1.29, 1.82) is 0 Å². The lowest BCUT2D eigenvalue weighted by molar-refractivity contribution is 0.452. The Morgan fingerprint density at radius 1 is 0.903 bits per heavy atom. The average Bonchev–Trinajstić information content (AvgIpc) is 3.43. The lowest BCUT2D eigenvalue weighted by Crippen LogP contribution is -2.30. The molecule has 0 bridgehead atoms. The highest BCUT2D eigenvalue weighted by Crippen LogP contribution is 2.63. The van der Waals surface area contributed by atoms with Gasteiger partial charge in [-0.15, -0.1) is 0 Å². The van der Waals surface area contributed by atoms with E-state index in [-0.39, 0.29) is 11.0 Å². The van der Waals surface area contributed by atoms with Gasteiger partial charge in [-0.1, -0.05) is 99.5 Å². The molecule has 2 aromatic rings. The minimum atomic E-state index is -0.0259. The van der Waals surface area contributed by atoms with Gasteiger partial charge in [0.25, 0.3) is 0 Å². The van der Waals surface area contributed by atoms with E-state index in [1.165, 1.54) is 54.4 Å². The van der Waals surface area contributed by atoms with Crippen LogP contribution in [0.3, 0.4) is 0 Å². The van der Waals surface area contributed by atoms with E-state index in [2.05, 4.69) is 88.0 Å². The van der Waals surface area contributed by atoms with Crippen LogP contribution in [-0.2, 0) is 12.8 Å². The van der Waals surface area contributed by atoms with Crippen LogP contribution >= 0.6 is 0 Å². The Morgan fingerprint density at radius 3 is 2.19 bits per heavy atom. The van der Waals surface area contributed by atoms with Gasteiger partial charge in [-0.3, -0.25) is 0 Å². The fourth-order valence-corrected chi connectivity index (χ4v) is 5.42. The van der Waals surface area contributed by atoms with Gasteiger partial charge in [-0.25, -0.2) is 0 Å². The second-order valence-electron chi connectivity index (χ2n) is 9.53. The molecule has 166 valence electrons. The Bertz CT molecular complexity index is 894. The standard InChI is InChI=1S/C30H41N/c1-5-29(23-30(29,31)6-2)25(4)22-24(3)28-21-15-14-20-27(28)19-13-8-7-10-16-26-17-11-9-12-18-26/h9,11-12,14-15,17-18,20-22H,3,5-8,10,13,16,19,23,31H2,1-2,4H3/b25-22+. The van der Waals surface area contributed by atoms with Gasteiger partial charge >= 0.3 is 0 Å². The van der Waals surface area contributed by atoms with Crippen LogP contribution in [0.15, 0.2) is 72.8 Å². The van der Waals surface area contributed by atoms with Gasteiger partial charge < -0.3 is 5.73 Å². The number of unbranched alkanes of at least 4 members (excludes halogenated alkanes) is 3. The molecular weight excluding hydrogens is 374 g/mol. The third-order valence-corrected chi connectivity index (χ3v) is 7.69. The Balaban J connectivity index is 1.54. The normalized spacial score (nSPS) is 23.0. The van der Waals surface area contributed by atoms with Gasteiger partial charge in [0.2, 0.25) is 0 Å². The smallest absolute Gasteiger partial charge is 0.0256 e. The molecule has 2 unspecified atom stereocenters. The molecule has 2 aromatic carbocycles. The fraction of sp³-hybridized carbons (Fsp3) is 0.467. The number of hydrogen-bond acceptors (Lipinski definition) is 1. The van der Waals surface area contributed by atoms with Crippen molar-refractivity contribution in [2.75, 3.05) is 0 Å². The first-order valence-corrected chi connectivity index (χ1v) is 12.2. The highest BCUT2D eigenvalue weighted by atomic mass is 14.9. The van der Waals surface area contributed by atoms with E-state index in [4.69, 9.17) is 5.73 Å². The maximum absolute atomic E-state index is 6.65. The van der Waals surface area contributed by atoms with E-state index in [1.807, 2.05) is 0 Å². The maximum Gasteiger partial charge on any atom is 0.0256 e. The molecule has 0 heterocycles. The molecule has 0 radical (unpaired) electrons. The van der Waals surface area contributed by atoms with E-state index >= 15 is 0 Å². The summed E-state index contributed by atoms with van der Waals surface area (Å²) in [6.45, 7) is 11.2. The zero-order chi connectivity index (χ0) is 22.3. The summed E-state index contributed by atoms with van der Waals surface area (Å²) in [5.41, 5.74) is 13.5. The third-order valence-electron chi connectivity index (χ3n) is 7.69. The lowest BCUT2D eigenvalue weighted by atomic mass is 9.85. The van der Waals surface area contributed by atoms with Gasteiger partial charge in [0.1, 0.15) is 0 Å². The summed E-state index contributed by atoms with van der Waals surface area (Å²) in [4.78, 5) is 0. The number of rotatable bonds is 12. The Hall–Kier alpha value is -2.12. The Labute approximate surface area is 190 Å². The molecule has 1 heteroatoms. The van der Waals surface area contributed by atoms with Gasteiger partial charge in [0.05, 0.1) is 0 Å². The van der Waals surface area contributed by atoms with Crippen LogP contribution in [0, 0.1) is 5.41 Å². The van der Waals surface area contributed by atoms with Crippen LogP contribution in [0.4, 0.5) is 0 Å². The fourth-order valence-electron chi connectivity index (χ4n) is 5.42. The monoisotopic (exact) mass is 415 g/mol. The molecule has 0 spiro atoms. The molecule has 1 saturated carbocycles. The van der Waals surface area contributed by atoms with E-state index < -0.39 is 0 Å². The SMILES string of the molecule is C=C(/C=C(\C)C1(CC)CC1(N)CC)c1ccccc1CCCCCCc1ccccc1. The van der Waals surface area contributed by atoms with Crippen molar-refractivity contribution in [2.24, 2.45) is 11.1 Å². The molecule has 0 aliphatic heterocycles. The largest absolute Gasteiger partial charge is 0.324 e. The van der Waals surface area contributed by atoms with Crippen LogP contribution in [0.25, 0.3) is 5.57 Å². The molecule has 0 amide bonds. The van der Waals surface area contributed by atoms with E-state index in [9.17, 15) is 0 Å². The highest BCUT2D eigenvalue weighted by Gasteiger charge is 2.63. The maximum atomic E-state index is 6.65. The topological polar surface area (TPSA) is 26.0 Å². The molecule has 1 aliphatic carbocycles. The van der Waals surface area contributed by atoms with Crippen molar-refractivity contribution in [3.8, 4) is 0 Å². The van der Waals surface area contributed by atoms with Crippen LogP contribution in [0.1, 0.15) is 82.4 Å². The molecule has 0 aromatic heterocycles. The molecule has 1 aliphatic rings. The molecular formula is C30H41N. The van der Waals surface area contributed by atoms with E-state index in [1.54, 1.807) is 0 Å². The lowest BCUT2D eigenvalue weighted by Gasteiger charge is -2.22. The molecule has 2 atom stereocenters. The quantitative estimate of drug-likeness (QED) is 0.277. The zero-order valence-corrected chi connectivity index (χ0v) is 19.9. The molecule has 1 nitrogen and oxygen atoms in total. The van der Waals surface area contributed by atoms with Crippen molar-refractivity contribution in [3.05, 3.63) is 89.5 Å². The number of hydrogen-bond donors (Lipinski definition) is 1. The molecule has 2 N–H and O–H groups in total. The van der Waals surface area contributed by atoms with Crippen LogP contribution < -0.4 is 5.73 Å². The van der Waals surface area contributed by atoms with Gasteiger partial charge in [-0.05, 0) is 74.1 Å². The first kappa shape index (κ1) is 23.5. The van der Waals surface area contributed by atoms with E-state index in [0.29, 0.717) is 0 Å². The second-order valence-corrected chi connectivity index (χ2v) is 9.53. The second kappa shape index (κ2) is 10.5.